The summed E-state index contributed by atoms with van der Waals surface area (Å²) in [5, 5.41) is 2.74. The van der Waals surface area contributed by atoms with Gasteiger partial charge in [0.1, 0.15) is 16.6 Å². The Morgan fingerprint density at radius 2 is 2.00 bits per heavy atom. The van der Waals surface area contributed by atoms with Crippen LogP contribution in [0.4, 0.5) is 8.78 Å². The summed E-state index contributed by atoms with van der Waals surface area (Å²) in [7, 11) is 0. The van der Waals surface area contributed by atoms with Crippen LogP contribution in [0.5, 0.6) is 0 Å². The number of benzene rings is 1. The van der Waals surface area contributed by atoms with E-state index >= 15 is 0 Å². The molecule has 0 spiro atoms. The van der Waals surface area contributed by atoms with Crippen molar-refractivity contribution in [2.45, 2.75) is 6.42 Å². The van der Waals surface area contributed by atoms with Crippen LogP contribution in [-0.4, -0.2) is 23.7 Å². The third-order valence-corrected chi connectivity index (χ3v) is 2.43. The summed E-state index contributed by atoms with van der Waals surface area (Å²) >= 11 is 4.82. The van der Waals surface area contributed by atoms with Crippen molar-refractivity contribution in [2.75, 3.05) is 6.54 Å². The Hall–Kier alpha value is -1.69. The minimum atomic E-state index is -0.552. The number of rotatable bonds is 3. The van der Waals surface area contributed by atoms with Gasteiger partial charge in [0.15, 0.2) is 0 Å². The molecule has 2 rings (SSSR count). The Balaban J connectivity index is 1.99. The Morgan fingerprint density at radius 1 is 1.29 bits per heavy atom. The average Bonchev–Trinajstić information content (AvgIpc) is 2.69. The quantitative estimate of drug-likeness (QED) is 0.835. The zero-order chi connectivity index (χ0) is 12.3. The molecule has 1 aliphatic heterocycles. The van der Waals surface area contributed by atoms with Crippen LogP contribution in [0.2, 0.25) is 0 Å². The van der Waals surface area contributed by atoms with E-state index in [9.17, 15) is 8.78 Å². The lowest BCUT2D eigenvalue weighted by Gasteiger charge is -2.02. The SMILES string of the molecule is Fc1cccc(F)c1CCN=C1N=CC(=S)N1. The first-order chi connectivity index (χ1) is 8.16. The van der Waals surface area contributed by atoms with E-state index in [1.807, 2.05) is 0 Å². The first kappa shape index (κ1) is 11.8. The van der Waals surface area contributed by atoms with Gasteiger partial charge in [0.25, 0.3) is 0 Å². The minimum absolute atomic E-state index is 0.0430. The number of nitrogens with one attached hydrogen (secondary N) is 1. The predicted molar refractivity (Wildman–Crippen MR) is 66.6 cm³/mol. The van der Waals surface area contributed by atoms with Crippen molar-refractivity contribution in [1.29, 1.82) is 0 Å². The summed E-state index contributed by atoms with van der Waals surface area (Å²) in [5.41, 5.74) is 0.0430. The number of hydrogen-bond donors (Lipinski definition) is 1. The molecule has 0 bridgehead atoms. The van der Waals surface area contributed by atoms with E-state index in [1.165, 1.54) is 24.4 Å². The van der Waals surface area contributed by atoms with E-state index in [0.29, 0.717) is 10.9 Å². The van der Waals surface area contributed by atoms with Crippen molar-refractivity contribution in [3.05, 3.63) is 35.4 Å². The molecular formula is C11H9F2N3S. The van der Waals surface area contributed by atoms with Crippen molar-refractivity contribution in [3.8, 4) is 0 Å². The van der Waals surface area contributed by atoms with Gasteiger partial charge < -0.3 is 5.32 Å². The van der Waals surface area contributed by atoms with Gasteiger partial charge in [0, 0.05) is 12.1 Å². The third kappa shape index (κ3) is 2.91. The molecule has 1 aromatic carbocycles. The summed E-state index contributed by atoms with van der Waals surface area (Å²) in [6.07, 6.45) is 1.66. The van der Waals surface area contributed by atoms with Crippen molar-refractivity contribution in [2.24, 2.45) is 9.98 Å². The van der Waals surface area contributed by atoms with Crippen LogP contribution >= 0.6 is 12.2 Å². The number of nitrogens with zero attached hydrogens (tertiary/aromatic N) is 2. The zero-order valence-corrected chi connectivity index (χ0v) is 9.60. The number of thiocarbonyl (C=S) groups is 1. The van der Waals surface area contributed by atoms with Crippen LogP contribution in [0, 0.1) is 11.6 Å². The molecule has 1 N–H and O–H groups in total. The Kier molecular flexibility index (Phi) is 3.53. The van der Waals surface area contributed by atoms with E-state index < -0.39 is 11.6 Å². The summed E-state index contributed by atoms with van der Waals surface area (Å²) in [6.45, 7) is 0.250. The second-order valence-corrected chi connectivity index (χ2v) is 3.84. The molecule has 1 aromatic rings. The molecule has 0 unspecified atom stereocenters. The van der Waals surface area contributed by atoms with Crippen LogP contribution in [0.1, 0.15) is 5.56 Å². The molecule has 88 valence electrons. The van der Waals surface area contributed by atoms with Crippen LogP contribution in [0.15, 0.2) is 28.2 Å². The maximum absolute atomic E-state index is 13.3. The molecule has 0 saturated carbocycles. The predicted octanol–water partition coefficient (Wildman–Crippen LogP) is 1.86. The maximum atomic E-state index is 13.3. The monoisotopic (exact) mass is 253 g/mol. The Bertz CT molecular complexity index is 491. The van der Waals surface area contributed by atoms with Gasteiger partial charge >= 0.3 is 0 Å². The highest BCUT2D eigenvalue weighted by Crippen LogP contribution is 2.12. The highest BCUT2D eigenvalue weighted by atomic mass is 32.1. The molecule has 0 aliphatic carbocycles. The van der Waals surface area contributed by atoms with Gasteiger partial charge in [-0.3, -0.25) is 4.99 Å². The summed E-state index contributed by atoms with van der Waals surface area (Å²) in [6, 6.07) is 3.79. The average molecular weight is 253 g/mol. The molecule has 0 saturated heterocycles. The molecule has 1 aliphatic rings. The zero-order valence-electron chi connectivity index (χ0n) is 8.78. The molecule has 6 heteroatoms. The van der Waals surface area contributed by atoms with Gasteiger partial charge in [-0.2, -0.15) is 0 Å². The second kappa shape index (κ2) is 5.09. The van der Waals surface area contributed by atoms with Crippen LogP contribution in [0.25, 0.3) is 0 Å². The minimum Gasteiger partial charge on any atom is -0.314 e. The molecule has 0 radical (unpaired) electrons. The standard InChI is InChI=1S/C11H9F2N3S/c12-8-2-1-3-9(13)7(8)4-5-14-11-15-6-10(17)16-11/h1-3,6H,4-5H2,(H,14,16,17). The first-order valence-electron chi connectivity index (χ1n) is 4.99. The van der Waals surface area contributed by atoms with Crippen LogP contribution in [-0.2, 0) is 6.42 Å². The first-order valence-corrected chi connectivity index (χ1v) is 5.40. The smallest absolute Gasteiger partial charge is 0.223 e. The molecule has 0 fully saturated rings. The topological polar surface area (TPSA) is 36.8 Å². The van der Waals surface area contributed by atoms with E-state index in [0.717, 1.165) is 0 Å². The van der Waals surface area contributed by atoms with E-state index in [2.05, 4.69) is 15.3 Å². The van der Waals surface area contributed by atoms with Crippen LogP contribution in [0.3, 0.4) is 0 Å². The fourth-order valence-corrected chi connectivity index (χ4v) is 1.56. The number of hydrogen-bond acceptors (Lipinski definition) is 2. The summed E-state index contributed by atoms with van der Waals surface area (Å²) in [4.78, 5) is 8.40. The number of guanidine groups is 1. The fourth-order valence-electron chi connectivity index (χ4n) is 1.42. The normalized spacial score (nSPS) is 16.6. The fraction of sp³-hybridized carbons (Fsp3) is 0.182. The van der Waals surface area contributed by atoms with E-state index in [4.69, 9.17) is 12.2 Å². The Morgan fingerprint density at radius 3 is 2.59 bits per heavy atom. The molecule has 1 heterocycles. The lowest BCUT2D eigenvalue weighted by atomic mass is 10.1. The van der Waals surface area contributed by atoms with Crippen molar-refractivity contribution < 1.29 is 8.78 Å². The lowest BCUT2D eigenvalue weighted by molar-refractivity contribution is 0.556. The van der Waals surface area contributed by atoms with Crippen molar-refractivity contribution >= 4 is 29.4 Å². The second-order valence-electron chi connectivity index (χ2n) is 3.40. The lowest BCUT2D eigenvalue weighted by Crippen LogP contribution is -2.21. The Labute approximate surface area is 102 Å². The van der Waals surface area contributed by atoms with Gasteiger partial charge in [-0.25, -0.2) is 13.8 Å². The molecule has 3 nitrogen and oxygen atoms in total. The third-order valence-electron chi connectivity index (χ3n) is 2.22. The van der Waals surface area contributed by atoms with Gasteiger partial charge in [-0.1, -0.05) is 18.3 Å². The van der Waals surface area contributed by atoms with Crippen LogP contribution < -0.4 is 5.32 Å². The highest BCUT2D eigenvalue weighted by molar-refractivity contribution is 7.81. The highest BCUT2D eigenvalue weighted by Gasteiger charge is 2.09. The molecule has 17 heavy (non-hydrogen) atoms. The van der Waals surface area contributed by atoms with Gasteiger partial charge in [-0.15, -0.1) is 0 Å². The largest absolute Gasteiger partial charge is 0.314 e. The molecule has 0 aromatic heterocycles. The number of halogens is 2. The molecular weight excluding hydrogens is 244 g/mol. The van der Waals surface area contributed by atoms with Gasteiger partial charge in [-0.05, 0) is 18.6 Å². The molecule has 0 atom stereocenters. The van der Waals surface area contributed by atoms with Crippen molar-refractivity contribution in [3.63, 3.8) is 0 Å². The van der Waals surface area contributed by atoms with E-state index in [1.54, 1.807) is 0 Å². The maximum Gasteiger partial charge on any atom is 0.223 e. The summed E-state index contributed by atoms with van der Waals surface area (Å²) in [5.74, 6) is -0.723. The van der Waals surface area contributed by atoms with E-state index in [-0.39, 0.29) is 18.5 Å². The van der Waals surface area contributed by atoms with Crippen molar-refractivity contribution in [1.82, 2.24) is 5.32 Å². The van der Waals surface area contributed by atoms with Gasteiger partial charge in [0.2, 0.25) is 5.96 Å². The van der Waals surface area contributed by atoms with Gasteiger partial charge in [0.05, 0.1) is 6.21 Å². The molecule has 0 amide bonds. The summed E-state index contributed by atoms with van der Waals surface area (Å²) < 4.78 is 26.5. The number of aliphatic imine (C=N–C) groups is 2.